The number of hydrogen-bond acceptors (Lipinski definition) is 3. The highest BCUT2D eigenvalue weighted by molar-refractivity contribution is 6.35. The second kappa shape index (κ2) is 5.91. The molecule has 1 heterocycles. The normalized spacial score (nSPS) is 17.8. The predicted molar refractivity (Wildman–Crippen MR) is 73.9 cm³/mol. The molecule has 0 saturated carbocycles. The summed E-state index contributed by atoms with van der Waals surface area (Å²) >= 11 is 12.0. The lowest BCUT2D eigenvalue weighted by Gasteiger charge is -2.32. The molecule has 1 aliphatic heterocycles. The Labute approximate surface area is 112 Å². The Morgan fingerprint density at radius 2 is 1.82 bits per heavy atom. The molecule has 0 radical (unpaired) electrons. The molecular formula is C12H17Cl2N3. The second-order valence-corrected chi connectivity index (χ2v) is 5.08. The predicted octanol–water partition coefficient (Wildman–Crippen LogP) is 2.64. The molecule has 0 aliphatic carbocycles. The number of nitrogens with zero attached hydrogens (tertiary/aromatic N) is 2. The van der Waals surface area contributed by atoms with Crippen LogP contribution in [0.3, 0.4) is 0 Å². The van der Waals surface area contributed by atoms with Gasteiger partial charge < -0.3 is 10.3 Å². The molecule has 2 rings (SSSR count). The fourth-order valence-corrected chi connectivity index (χ4v) is 2.54. The van der Waals surface area contributed by atoms with Crippen LogP contribution in [0.25, 0.3) is 0 Å². The molecule has 0 atom stereocenters. The van der Waals surface area contributed by atoms with Crippen LogP contribution in [-0.2, 0) is 0 Å². The first-order valence-corrected chi connectivity index (χ1v) is 6.58. The lowest BCUT2D eigenvalue weighted by molar-refractivity contribution is 0.282. The molecule has 1 aliphatic rings. The third kappa shape index (κ3) is 3.49. The quantitative estimate of drug-likeness (QED) is 0.894. The van der Waals surface area contributed by atoms with Gasteiger partial charge in [-0.15, -0.1) is 0 Å². The Morgan fingerprint density at radius 3 is 2.53 bits per heavy atom. The summed E-state index contributed by atoms with van der Waals surface area (Å²) in [6, 6.07) is 5.63. The molecule has 0 spiro atoms. The van der Waals surface area contributed by atoms with Crippen molar-refractivity contribution in [3.63, 3.8) is 0 Å². The van der Waals surface area contributed by atoms with Crippen LogP contribution in [0.1, 0.15) is 6.42 Å². The van der Waals surface area contributed by atoms with E-state index in [9.17, 15) is 0 Å². The van der Waals surface area contributed by atoms with Gasteiger partial charge in [-0.3, -0.25) is 0 Å². The number of nitrogens with one attached hydrogen (secondary N) is 1. The third-order valence-electron chi connectivity index (χ3n) is 2.96. The van der Waals surface area contributed by atoms with Crippen molar-refractivity contribution in [2.24, 2.45) is 0 Å². The highest BCUT2D eigenvalue weighted by Gasteiger charge is 2.14. The SMILES string of the molecule is CN(c1cc(Cl)cc(Cl)c1)N1CCCNCC1. The maximum absolute atomic E-state index is 6.02. The summed E-state index contributed by atoms with van der Waals surface area (Å²) in [4.78, 5) is 0. The lowest BCUT2D eigenvalue weighted by Crippen LogP contribution is -2.42. The number of hydrogen-bond donors (Lipinski definition) is 1. The molecule has 1 fully saturated rings. The van der Waals surface area contributed by atoms with Crippen LogP contribution in [0.4, 0.5) is 5.69 Å². The van der Waals surface area contributed by atoms with E-state index in [1.165, 1.54) is 0 Å². The van der Waals surface area contributed by atoms with Gasteiger partial charge in [-0.1, -0.05) is 23.2 Å². The van der Waals surface area contributed by atoms with E-state index >= 15 is 0 Å². The summed E-state index contributed by atoms with van der Waals surface area (Å²) in [5, 5.41) is 9.17. The minimum atomic E-state index is 0.673. The maximum atomic E-state index is 6.02. The minimum Gasteiger partial charge on any atom is -0.315 e. The van der Waals surface area contributed by atoms with Gasteiger partial charge in [-0.25, -0.2) is 5.01 Å². The van der Waals surface area contributed by atoms with Gasteiger partial charge in [0.2, 0.25) is 0 Å². The van der Waals surface area contributed by atoms with Crippen LogP contribution >= 0.6 is 23.2 Å². The second-order valence-electron chi connectivity index (χ2n) is 4.21. The van der Waals surface area contributed by atoms with Crippen LogP contribution in [-0.4, -0.2) is 38.2 Å². The summed E-state index contributed by atoms with van der Waals surface area (Å²) in [6.07, 6.45) is 1.15. The zero-order valence-electron chi connectivity index (χ0n) is 9.92. The van der Waals surface area contributed by atoms with Gasteiger partial charge in [0.25, 0.3) is 0 Å². The zero-order chi connectivity index (χ0) is 12.3. The maximum Gasteiger partial charge on any atom is 0.0548 e. The van der Waals surface area contributed by atoms with Crippen molar-refractivity contribution < 1.29 is 0 Å². The highest BCUT2D eigenvalue weighted by Crippen LogP contribution is 2.25. The van der Waals surface area contributed by atoms with E-state index in [-0.39, 0.29) is 0 Å². The molecule has 17 heavy (non-hydrogen) atoms. The Morgan fingerprint density at radius 1 is 1.12 bits per heavy atom. The Balaban J connectivity index is 2.14. The molecule has 1 N–H and O–H groups in total. The van der Waals surface area contributed by atoms with Crippen molar-refractivity contribution in [1.82, 2.24) is 10.3 Å². The van der Waals surface area contributed by atoms with Crippen molar-refractivity contribution in [2.45, 2.75) is 6.42 Å². The average Bonchev–Trinajstić information content (AvgIpc) is 2.55. The minimum absolute atomic E-state index is 0.673. The average molecular weight is 274 g/mol. The fraction of sp³-hybridized carbons (Fsp3) is 0.500. The van der Waals surface area contributed by atoms with Gasteiger partial charge in [0.05, 0.1) is 5.69 Å². The molecule has 1 aromatic rings. The molecule has 5 heteroatoms. The van der Waals surface area contributed by atoms with E-state index in [1.54, 1.807) is 6.07 Å². The van der Waals surface area contributed by atoms with E-state index < -0.39 is 0 Å². The van der Waals surface area contributed by atoms with Crippen LogP contribution < -0.4 is 10.3 Å². The van der Waals surface area contributed by atoms with Gasteiger partial charge >= 0.3 is 0 Å². The van der Waals surface area contributed by atoms with E-state index in [0.717, 1.165) is 38.3 Å². The van der Waals surface area contributed by atoms with E-state index in [0.29, 0.717) is 10.0 Å². The van der Waals surface area contributed by atoms with Gasteiger partial charge in [0.1, 0.15) is 0 Å². The van der Waals surface area contributed by atoms with Gasteiger partial charge in [0, 0.05) is 36.7 Å². The monoisotopic (exact) mass is 273 g/mol. The van der Waals surface area contributed by atoms with Crippen LogP contribution in [0.15, 0.2) is 18.2 Å². The Kier molecular flexibility index (Phi) is 4.51. The summed E-state index contributed by atoms with van der Waals surface area (Å²) in [7, 11) is 2.05. The first-order valence-electron chi connectivity index (χ1n) is 5.82. The molecule has 0 unspecified atom stereocenters. The fourth-order valence-electron chi connectivity index (χ4n) is 2.02. The molecule has 0 bridgehead atoms. The molecule has 94 valence electrons. The molecule has 0 aromatic heterocycles. The smallest absolute Gasteiger partial charge is 0.0548 e. The number of benzene rings is 1. The first kappa shape index (κ1) is 13.0. The van der Waals surface area contributed by atoms with Crippen molar-refractivity contribution >= 4 is 28.9 Å². The topological polar surface area (TPSA) is 18.5 Å². The van der Waals surface area contributed by atoms with Gasteiger partial charge in [-0.05, 0) is 31.2 Å². The van der Waals surface area contributed by atoms with E-state index in [1.807, 2.05) is 19.2 Å². The standard InChI is InChI=1S/C12H17Cl2N3/c1-16(17-5-2-3-15-4-6-17)12-8-10(13)7-11(14)9-12/h7-9,15H,2-6H2,1H3. The zero-order valence-corrected chi connectivity index (χ0v) is 11.4. The number of hydrazine groups is 1. The lowest BCUT2D eigenvalue weighted by atomic mass is 10.3. The van der Waals surface area contributed by atoms with Gasteiger partial charge in [0.15, 0.2) is 0 Å². The Hall–Kier alpha value is -0.480. The van der Waals surface area contributed by atoms with Crippen LogP contribution in [0.2, 0.25) is 10.0 Å². The molecular weight excluding hydrogens is 257 g/mol. The van der Waals surface area contributed by atoms with E-state index in [2.05, 4.69) is 15.3 Å². The van der Waals surface area contributed by atoms with Crippen LogP contribution in [0, 0.1) is 0 Å². The van der Waals surface area contributed by atoms with Crippen molar-refractivity contribution in [3.8, 4) is 0 Å². The molecule has 3 nitrogen and oxygen atoms in total. The number of halogens is 2. The Bertz CT molecular complexity index is 356. The third-order valence-corrected chi connectivity index (χ3v) is 3.40. The number of rotatable bonds is 2. The highest BCUT2D eigenvalue weighted by atomic mass is 35.5. The van der Waals surface area contributed by atoms with Crippen molar-refractivity contribution in [3.05, 3.63) is 28.2 Å². The van der Waals surface area contributed by atoms with Crippen molar-refractivity contribution in [2.75, 3.05) is 38.2 Å². The van der Waals surface area contributed by atoms with Gasteiger partial charge in [-0.2, -0.15) is 0 Å². The largest absolute Gasteiger partial charge is 0.315 e. The summed E-state index contributed by atoms with van der Waals surface area (Å²) in [6.45, 7) is 4.15. The molecule has 1 saturated heterocycles. The first-order chi connectivity index (χ1) is 8.16. The molecule has 1 aromatic carbocycles. The number of anilines is 1. The van der Waals surface area contributed by atoms with Crippen molar-refractivity contribution in [1.29, 1.82) is 0 Å². The summed E-state index contributed by atoms with van der Waals surface area (Å²) in [5.74, 6) is 0. The summed E-state index contributed by atoms with van der Waals surface area (Å²) in [5.41, 5.74) is 1.03. The molecule has 0 amide bonds. The van der Waals surface area contributed by atoms with Crippen LogP contribution in [0.5, 0.6) is 0 Å². The van der Waals surface area contributed by atoms with E-state index in [4.69, 9.17) is 23.2 Å². The summed E-state index contributed by atoms with van der Waals surface area (Å²) < 4.78 is 0.